The van der Waals surface area contributed by atoms with Crippen molar-refractivity contribution in [2.75, 3.05) is 7.11 Å². The molecule has 0 aliphatic carbocycles. The zero-order chi connectivity index (χ0) is 19.7. The first-order valence-corrected chi connectivity index (χ1v) is 8.86. The van der Waals surface area contributed by atoms with E-state index in [1.807, 2.05) is 67.6 Å². The monoisotopic (exact) mass is 370 g/mol. The number of rotatable bonds is 4. The SMILES string of the molecule is COc1ccc(-c2cc(-c3ccc(C)cc3)c3cccc([N+](=O)[O-])c3n2)cc1. The van der Waals surface area contributed by atoms with Gasteiger partial charge in [0.25, 0.3) is 5.69 Å². The first-order valence-electron chi connectivity index (χ1n) is 8.86. The number of para-hydroxylation sites is 1. The number of non-ortho nitro benzene ring substituents is 1. The molecule has 0 unspecified atom stereocenters. The van der Waals surface area contributed by atoms with Crippen LogP contribution in [-0.4, -0.2) is 17.0 Å². The minimum atomic E-state index is -0.383. The van der Waals surface area contributed by atoms with Gasteiger partial charge in [0.15, 0.2) is 0 Å². The summed E-state index contributed by atoms with van der Waals surface area (Å²) in [5, 5.41) is 12.3. The van der Waals surface area contributed by atoms with Gasteiger partial charge in [0.2, 0.25) is 0 Å². The Morgan fingerprint density at radius 2 is 1.61 bits per heavy atom. The van der Waals surface area contributed by atoms with Crippen LogP contribution in [0.25, 0.3) is 33.3 Å². The Labute approximate surface area is 162 Å². The molecule has 0 amide bonds. The standard InChI is InChI=1S/C23H18N2O3/c1-15-6-8-16(9-7-15)20-14-21(17-10-12-18(28-2)13-11-17)24-23-19(20)4-3-5-22(23)25(26)27/h3-14H,1-2H3. The number of nitrogens with zero attached hydrogens (tertiary/aromatic N) is 2. The van der Waals surface area contributed by atoms with Gasteiger partial charge in [-0.1, -0.05) is 42.0 Å². The normalized spacial score (nSPS) is 10.8. The van der Waals surface area contributed by atoms with Gasteiger partial charge in [-0.25, -0.2) is 4.98 Å². The van der Waals surface area contributed by atoms with Crippen LogP contribution in [0.15, 0.2) is 72.8 Å². The summed E-state index contributed by atoms with van der Waals surface area (Å²) in [5.41, 5.74) is 5.00. The Morgan fingerprint density at radius 1 is 0.929 bits per heavy atom. The minimum Gasteiger partial charge on any atom is -0.497 e. The molecule has 0 aliphatic heterocycles. The third-order valence-electron chi connectivity index (χ3n) is 4.76. The number of aromatic nitrogens is 1. The number of nitro benzene ring substituents is 1. The van der Waals surface area contributed by atoms with Crippen LogP contribution in [0.4, 0.5) is 5.69 Å². The van der Waals surface area contributed by atoms with E-state index < -0.39 is 0 Å². The zero-order valence-corrected chi connectivity index (χ0v) is 15.5. The summed E-state index contributed by atoms with van der Waals surface area (Å²) < 4.78 is 5.22. The number of nitro groups is 1. The highest BCUT2D eigenvalue weighted by Crippen LogP contribution is 2.36. The van der Waals surface area contributed by atoms with Crippen molar-refractivity contribution >= 4 is 16.6 Å². The number of pyridine rings is 1. The van der Waals surface area contributed by atoms with E-state index in [2.05, 4.69) is 4.98 Å². The van der Waals surface area contributed by atoms with Crippen molar-refractivity contribution < 1.29 is 9.66 Å². The second-order valence-corrected chi connectivity index (χ2v) is 6.58. The second-order valence-electron chi connectivity index (χ2n) is 6.58. The molecule has 3 aromatic carbocycles. The maximum Gasteiger partial charge on any atom is 0.295 e. The fourth-order valence-electron chi connectivity index (χ4n) is 3.26. The average Bonchev–Trinajstić information content (AvgIpc) is 2.73. The topological polar surface area (TPSA) is 65.3 Å². The maximum absolute atomic E-state index is 11.6. The Kier molecular flexibility index (Phi) is 4.49. The number of fused-ring (bicyclic) bond motifs is 1. The number of benzene rings is 3. The Balaban J connectivity index is 2.01. The van der Waals surface area contributed by atoms with Crippen LogP contribution in [0.5, 0.6) is 5.75 Å². The molecular weight excluding hydrogens is 352 g/mol. The third-order valence-corrected chi connectivity index (χ3v) is 4.76. The van der Waals surface area contributed by atoms with Crippen molar-refractivity contribution in [1.82, 2.24) is 4.98 Å². The lowest BCUT2D eigenvalue weighted by molar-refractivity contribution is -0.383. The lowest BCUT2D eigenvalue weighted by atomic mass is 9.97. The Hall–Kier alpha value is -3.73. The first kappa shape index (κ1) is 17.7. The van der Waals surface area contributed by atoms with Gasteiger partial charge in [0.1, 0.15) is 11.3 Å². The van der Waals surface area contributed by atoms with Gasteiger partial charge in [0.05, 0.1) is 17.7 Å². The summed E-state index contributed by atoms with van der Waals surface area (Å²) in [4.78, 5) is 15.8. The summed E-state index contributed by atoms with van der Waals surface area (Å²) in [5.74, 6) is 0.745. The van der Waals surface area contributed by atoms with E-state index >= 15 is 0 Å². The first-order chi connectivity index (χ1) is 13.6. The molecule has 0 aliphatic rings. The van der Waals surface area contributed by atoms with E-state index in [1.54, 1.807) is 13.2 Å². The predicted octanol–water partition coefficient (Wildman–Crippen LogP) is 5.79. The number of methoxy groups -OCH3 is 1. The van der Waals surface area contributed by atoms with E-state index in [1.165, 1.54) is 6.07 Å². The lowest BCUT2D eigenvalue weighted by Gasteiger charge is -2.11. The van der Waals surface area contributed by atoms with E-state index in [9.17, 15) is 10.1 Å². The summed E-state index contributed by atoms with van der Waals surface area (Å²) in [6.07, 6.45) is 0. The van der Waals surface area contributed by atoms with Crippen LogP contribution >= 0.6 is 0 Å². The van der Waals surface area contributed by atoms with Crippen molar-refractivity contribution in [1.29, 1.82) is 0 Å². The molecule has 0 bridgehead atoms. The number of aryl methyl sites for hydroxylation is 1. The van der Waals surface area contributed by atoms with Crippen LogP contribution in [0, 0.1) is 17.0 Å². The summed E-state index contributed by atoms with van der Waals surface area (Å²) in [6.45, 7) is 2.03. The van der Waals surface area contributed by atoms with Crippen molar-refractivity contribution in [3.05, 3.63) is 88.5 Å². The predicted molar refractivity (Wildman–Crippen MR) is 111 cm³/mol. The van der Waals surface area contributed by atoms with Gasteiger partial charge in [0, 0.05) is 17.0 Å². The van der Waals surface area contributed by atoms with Gasteiger partial charge < -0.3 is 4.74 Å². The summed E-state index contributed by atoms with van der Waals surface area (Å²) in [7, 11) is 1.61. The zero-order valence-electron chi connectivity index (χ0n) is 15.5. The Bertz CT molecular complexity index is 1170. The molecule has 0 saturated carbocycles. The van der Waals surface area contributed by atoms with Gasteiger partial charge in [-0.3, -0.25) is 10.1 Å². The quantitative estimate of drug-likeness (QED) is 0.337. The lowest BCUT2D eigenvalue weighted by Crippen LogP contribution is -1.95. The molecule has 138 valence electrons. The molecular formula is C23H18N2O3. The molecule has 5 nitrogen and oxygen atoms in total. The van der Waals surface area contributed by atoms with E-state index in [0.717, 1.165) is 33.4 Å². The van der Waals surface area contributed by atoms with Crippen molar-refractivity contribution in [3.8, 4) is 28.1 Å². The fraction of sp³-hybridized carbons (Fsp3) is 0.0870. The molecule has 28 heavy (non-hydrogen) atoms. The third kappa shape index (κ3) is 3.18. The molecule has 4 aromatic rings. The van der Waals surface area contributed by atoms with Gasteiger partial charge in [-0.15, -0.1) is 0 Å². The minimum absolute atomic E-state index is 0.00113. The summed E-state index contributed by atoms with van der Waals surface area (Å²) in [6, 6.07) is 22.7. The van der Waals surface area contributed by atoms with Crippen molar-refractivity contribution in [2.45, 2.75) is 6.92 Å². The Morgan fingerprint density at radius 3 is 2.25 bits per heavy atom. The highest BCUT2D eigenvalue weighted by molar-refractivity contribution is 6.00. The highest BCUT2D eigenvalue weighted by Gasteiger charge is 2.18. The molecule has 0 saturated heterocycles. The molecule has 5 heteroatoms. The molecule has 4 rings (SSSR count). The van der Waals surface area contributed by atoms with E-state index in [-0.39, 0.29) is 10.6 Å². The van der Waals surface area contributed by atoms with Crippen molar-refractivity contribution in [3.63, 3.8) is 0 Å². The molecule has 1 heterocycles. The maximum atomic E-state index is 11.6. The van der Waals surface area contributed by atoms with Crippen LogP contribution < -0.4 is 4.74 Å². The molecule has 0 N–H and O–H groups in total. The van der Waals surface area contributed by atoms with Gasteiger partial charge in [-0.2, -0.15) is 0 Å². The number of ether oxygens (including phenoxy) is 1. The van der Waals surface area contributed by atoms with Crippen LogP contribution in [0.1, 0.15) is 5.56 Å². The second kappa shape index (κ2) is 7.12. The number of hydrogen-bond donors (Lipinski definition) is 0. The van der Waals surface area contributed by atoms with E-state index in [4.69, 9.17) is 4.74 Å². The molecule has 0 fully saturated rings. The van der Waals surface area contributed by atoms with Crippen LogP contribution in [0.3, 0.4) is 0 Å². The van der Waals surface area contributed by atoms with Gasteiger partial charge >= 0.3 is 0 Å². The highest BCUT2D eigenvalue weighted by atomic mass is 16.6. The molecule has 0 radical (unpaired) electrons. The van der Waals surface area contributed by atoms with Crippen LogP contribution in [0.2, 0.25) is 0 Å². The molecule has 0 spiro atoms. The molecule has 0 atom stereocenters. The molecule has 1 aromatic heterocycles. The van der Waals surface area contributed by atoms with Crippen LogP contribution in [-0.2, 0) is 0 Å². The van der Waals surface area contributed by atoms with Gasteiger partial charge in [-0.05, 0) is 48.4 Å². The van der Waals surface area contributed by atoms with E-state index in [0.29, 0.717) is 11.2 Å². The average molecular weight is 370 g/mol. The fourth-order valence-corrected chi connectivity index (χ4v) is 3.26. The smallest absolute Gasteiger partial charge is 0.295 e. The van der Waals surface area contributed by atoms with Crippen molar-refractivity contribution in [2.24, 2.45) is 0 Å². The number of hydrogen-bond acceptors (Lipinski definition) is 4. The summed E-state index contributed by atoms with van der Waals surface area (Å²) >= 11 is 0. The largest absolute Gasteiger partial charge is 0.497 e.